The predicted octanol–water partition coefficient (Wildman–Crippen LogP) is 0.895. The van der Waals surface area contributed by atoms with E-state index in [4.69, 9.17) is 14.6 Å². The number of carboxylic acid groups (broad SMARTS) is 1. The van der Waals surface area contributed by atoms with Crippen molar-refractivity contribution in [3.63, 3.8) is 0 Å². The van der Waals surface area contributed by atoms with E-state index in [1.807, 2.05) is 6.92 Å². The van der Waals surface area contributed by atoms with Gasteiger partial charge in [0.1, 0.15) is 0 Å². The zero-order chi connectivity index (χ0) is 14.1. The predicted molar refractivity (Wildman–Crippen MR) is 68.9 cm³/mol. The Kier molecular flexibility index (Phi) is 7.43. The molecule has 1 aliphatic heterocycles. The average molecular weight is 273 g/mol. The summed E-state index contributed by atoms with van der Waals surface area (Å²) in [6.07, 6.45) is 2.25. The van der Waals surface area contributed by atoms with Crippen LogP contribution in [-0.4, -0.2) is 60.9 Å². The highest BCUT2D eigenvalue weighted by molar-refractivity contribution is 5.77. The summed E-state index contributed by atoms with van der Waals surface area (Å²) in [5.74, 6) is -0.930. The van der Waals surface area contributed by atoms with Crippen LogP contribution in [-0.2, 0) is 19.1 Å². The fourth-order valence-electron chi connectivity index (χ4n) is 2.00. The number of nitrogens with zero attached hydrogens (tertiary/aromatic N) is 1. The lowest BCUT2D eigenvalue weighted by molar-refractivity contribution is -0.138. The van der Waals surface area contributed by atoms with Gasteiger partial charge in [-0.05, 0) is 19.8 Å². The van der Waals surface area contributed by atoms with E-state index in [9.17, 15) is 9.59 Å². The number of carbonyl (C=O) groups is 2. The van der Waals surface area contributed by atoms with Crippen molar-refractivity contribution in [1.29, 1.82) is 0 Å². The van der Waals surface area contributed by atoms with Crippen molar-refractivity contribution in [3.8, 4) is 0 Å². The summed E-state index contributed by atoms with van der Waals surface area (Å²) in [6.45, 7) is 4.48. The maximum atomic E-state index is 11.9. The number of rotatable bonds is 8. The molecule has 6 heteroatoms. The van der Waals surface area contributed by atoms with Gasteiger partial charge >= 0.3 is 5.97 Å². The van der Waals surface area contributed by atoms with Gasteiger partial charge in [0.05, 0.1) is 25.6 Å². The second-order valence-electron chi connectivity index (χ2n) is 4.55. The highest BCUT2D eigenvalue weighted by atomic mass is 16.5. The van der Waals surface area contributed by atoms with Crippen molar-refractivity contribution < 1.29 is 24.2 Å². The molecule has 1 fully saturated rings. The van der Waals surface area contributed by atoms with E-state index in [-0.39, 0.29) is 25.0 Å². The maximum Gasteiger partial charge on any atom is 0.305 e. The van der Waals surface area contributed by atoms with Gasteiger partial charge in [0, 0.05) is 26.3 Å². The van der Waals surface area contributed by atoms with Crippen LogP contribution in [0.15, 0.2) is 0 Å². The Labute approximate surface area is 113 Å². The fraction of sp³-hybridized carbons (Fsp3) is 0.846. The summed E-state index contributed by atoms with van der Waals surface area (Å²) in [4.78, 5) is 23.9. The van der Waals surface area contributed by atoms with E-state index in [0.717, 1.165) is 26.1 Å². The normalized spacial score (nSPS) is 16.3. The topological polar surface area (TPSA) is 76.1 Å². The quantitative estimate of drug-likeness (QED) is 0.711. The minimum absolute atomic E-state index is 0.0135. The molecule has 0 spiro atoms. The smallest absolute Gasteiger partial charge is 0.305 e. The molecule has 0 aromatic rings. The van der Waals surface area contributed by atoms with Crippen molar-refractivity contribution in [2.24, 2.45) is 0 Å². The molecule has 0 atom stereocenters. The summed E-state index contributed by atoms with van der Waals surface area (Å²) >= 11 is 0. The third-order valence-corrected chi connectivity index (χ3v) is 3.17. The Morgan fingerprint density at radius 1 is 1.32 bits per heavy atom. The van der Waals surface area contributed by atoms with Crippen LogP contribution in [0.1, 0.15) is 32.6 Å². The number of carboxylic acids is 1. The summed E-state index contributed by atoms with van der Waals surface area (Å²) in [6, 6.07) is 0. The molecule has 1 heterocycles. The molecule has 1 rings (SSSR count). The highest BCUT2D eigenvalue weighted by Crippen LogP contribution is 2.11. The number of amides is 1. The molecular formula is C13H23NO5. The third-order valence-electron chi connectivity index (χ3n) is 3.17. The van der Waals surface area contributed by atoms with Crippen LogP contribution in [0, 0.1) is 0 Å². The van der Waals surface area contributed by atoms with Crippen molar-refractivity contribution in [1.82, 2.24) is 4.90 Å². The summed E-state index contributed by atoms with van der Waals surface area (Å²) in [5, 5.41) is 8.61. The van der Waals surface area contributed by atoms with Crippen LogP contribution < -0.4 is 0 Å². The van der Waals surface area contributed by atoms with Gasteiger partial charge in [-0.25, -0.2) is 0 Å². The molecule has 0 aliphatic carbocycles. The zero-order valence-corrected chi connectivity index (χ0v) is 11.5. The number of ether oxygens (including phenoxy) is 2. The standard InChI is InChI=1S/C13H23NO5/c1-2-14(7-3-13(16)17)12(15)6-10-19-11-4-8-18-9-5-11/h11H,2-10H2,1H3,(H,16,17). The Hall–Kier alpha value is -1.14. The van der Waals surface area contributed by atoms with Crippen LogP contribution in [0.2, 0.25) is 0 Å². The molecular weight excluding hydrogens is 250 g/mol. The first-order valence-electron chi connectivity index (χ1n) is 6.82. The maximum absolute atomic E-state index is 11.9. The van der Waals surface area contributed by atoms with Crippen LogP contribution in [0.4, 0.5) is 0 Å². The molecule has 19 heavy (non-hydrogen) atoms. The minimum atomic E-state index is -0.885. The second kappa shape index (κ2) is 8.87. The molecule has 0 aromatic carbocycles. The minimum Gasteiger partial charge on any atom is -0.481 e. The largest absolute Gasteiger partial charge is 0.481 e. The number of hydrogen-bond donors (Lipinski definition) is 1. The van der Waals surface area contributed by atoms with Gasteiger partial charge in [-0.2, -0.15) is 0 Å². The molecule has 110 valence electrons. The van der Waals surface area contributed by atoms with Gasteiger partial charge in [0.15, 0.2) is 0 Å². The molecule has 1 saturated heterocycles. The van der Waals surface area contributed by atoms with Crippen LogP contribution in [0.25, 0.3) is 0 Å². The summed E-state index contributed by atoms with van der Waals surface area (Å²) in [7, 11) is 0. The summed E-state index contributed by atoms with van der Waals surface area (Å²) < 4.78 is 10.9. The lowest BCUT2D eigenvalue weighted by Crippen LogP contribution is -2.34. The first-order valence-corrected chi connectivity index (χ1v) is 6.82. The van der Waals surface area contributed by atoms with Crippen LogP contribution in [0.5, 0.6) is 0 Å². The Morgan fingerprint density at radius 2 is 2.00 bits per heavy atom. The van der Waals surface area contributed by atoms with Crippen LogP contribution in [0.3, 0.4) is 0 Å². The Morgan fingerprint density at radius 3 is 2.58 bits per heavy atom. The second-order valence-corrected chi connectivity index (χ2v) is 4.55. The Balaban J connectivity index is 2.18. The van der Waals surface area contributed by atoms with Crippen molar-refractivity contribution in [2.75, 3.05) is 32.9 Å². The van der Waals surface area contributed by atoms with Gasteiger partial charge in [0.25, 0.3) is 0 Å². The van der Waals surface area contributed by atoms with E-state index in [1.165, 1.54) is 0 Å². The molecule has 6 nitrogen and oxygen atoms in total. The van der Waals surface area contributed by atoms with E-state index in [1.54, 1.807) is 4.90 Å². The van der Waals surface area contributed by atoms with Crippen molar-refractivity contribution in [3.05, 3.63) is 0 Å². The average Bonchev–Trinajstić information content (AvgIpc) is 2.40. The molecule has 1 N–H and O–H groups in total. The van der Waals surface area contributed by atoms with Gasteiger partial charge in [-0.3, -0.25) is 9.59 Å². The molecule has 0 bridgehead atoms. The van der Waals surface area contributed by atoms with E-state index in [0.29, 0.717) is 19.6 Å². The molecule has 0 radical (unpaired) electrons. The first kappa shape index (κ1) is 15.9. The highest BCUT2D eigenvalue weighted by Gasteiger charge is 2.16. The van der Waals surface area contributed by atoms with E-state index in [2.05, 4.69) is 0 Å². The SMILES string of the molecule is CCN(CCC(=O)O)C(=O)CCOC1CCOCC1. The van der Waals surface area contributed by atoms with Crippen LogP contribution >= 0.6 is 0 Å². The molecule has 0 unspecified atom stereocenters. The lowest BCUT2D eigenvalue weighted by Gasteiger charge is -2.23. The lowest BCUT2D eigenvalue weighted by atomic mass is 10.1. The third kappa shape index (κ3) is 6.54. The molecule has 1 amide bonds. The number of aliphatic carboxylic acids is 1. The van der Waals surface area contributed by atoms with E-state index >= 15 is 0 Å². The van der Waals surface area contributed by atoms with Crippen molar-refractivity contribution in [2.45, 2.75) is 38.7 Å². The van der Waals surface area contributed by atoms with Gasteiger partial charge in [-0.15, -0.1) is 0 Å². The van der Waals surface area contributed by atoms with Gasteiger partial charge < -0.3 is 19.5 Å². The Bertz CT molecular complexity index is 289. The number of hydrogen-bond acceptors (Lipinski definition) is 4. The van der Waals surface area contributed by atoms with Crippen molar-refractivity contribution >= 4 is 11.9 Å². The molecule has 0 saturated carbocycles. The summed E-state index contributed by atoms with van der Waals surface area (Å²) in [5.41, 5.74) is 0. The number of carbonyl (C=O) groups excluding carboxylic acids is 1. The molecule has 1 aliphatic rings. The zero-order valence-electron chi connectivity index (χ0n) is 11.5. The molecule has 0 aromatic heterocycles. The van der Waals surface area contributed by atoms with E-state index < -0.39 is 5.97 Å². The van der Waals surface area contributed by atoms with Gasteiger partial charge in [0.2, 0.25) is 5.91 Å². The van der Waals surface area contributed by atoms with Gasteiger partial charge in [-0.1, -0.05) is 0 Å². The fourth-order valence-corrected chi connectivity index (χ4v) is 2.00. The first-order chi connectivity index (χ1) is 9.13. The monoisotopic (exact) mass is 273 g/mol.